The molecule has 0 fully saturated rings. The van der Waals surface area contributed by atoms with Crippen molar-refractivity contribution in [1.82, 2.24) is 14.6 Å². The minimum atomic E-state index is -1.27. The number of methoxy groups -OCH3 is 2. The molecule has 0 aliphatic heterocycles. The number of nitrogens with zero attached hydrogens (tertiary/aromatic N) is 3. The summed E-state index contributed by atoms with van der Waals surface area (Å²) >= 11 is 0. The summed E-state index contributed by atoms with van der Waals surface area (Å²) < 4.78 is 12.2. The van der Waals surface area contributed by atoms with Crippen molar-refractivity contribution in [3.63, 3.8) is 0 Å². The van der Waals surface area contributed by atoms with Crippen LogP contribution in [-0.2, 0) is 4.79 Å². The second-order valence-electron chi connectivity index (χ2n) is 7.80. The van der Waals surface area contributed by atoms with Crippen molar-refractivity contribution < 1.29 is 29.0 Å². The van der Waals surface area contributed by atoms with Crippen LogP contribution in [-0.4, -0.2) is 57.6 Å². The second-order valence-corrected chi connectivity index (χ2v) is 7.80. The number of aromatic nitrogens is 3. The quantitative estimate of drug-likeness (QED) is 0.301. The van der Waals surface area contributed by atoms with Gasteiger partial charge in [0.15, 0.2) is 28.6 Å². The predicted octanol–water partition coefficient (Wildman–Crippen LogP) is 2.65. The van der Waals surface area contributed by atoms with Gasteiger partial charge >= 0.3 is 5.97 Å². The number of Topliss-reactive ketones (excluding diaryl/α,β-unsaturated/α-hetero) is 1. The van der Waals surface area contributed by atoms with Gasteiger partial charge in [0.1, 0.15) is 6.04 Å². The van der Waals surface area contributed by atoms with Crippen LogP contribution < -0.4 is 20.5 Å². The van der Waals surface area contributed by atoms with Crippen LogP contribution in [0.5, 0.6) is 11.5 Å². The van der Waals surface area contributed by atoms with Crippen molar-refractivity contribution in [2.75, 3.05) is 19.5 Å². The fourth-order valence-corrected chi connectivity index (χ4v) is 3.56. The number of nitrogens with two attached hydrogens (primary N) is 1. The number of ether oxygens (including phenoxy) is 2. The molecule has 36 heavy (non-hydrogen) atoms. The third kappa shape index (κ3) is 5.00. The number of carbonyl (C=O) groups excluding carboxylic acids is 2. The predicted molar refractivity (Wildman–Crippen MR) is 130 cm³/mol. The standard InChI is InChI=1S/C25H23N5O6/c1-35-21-8-5-15(11-22(21)36-2)19-9-10-27-23-13-18(29-30(19)23)24(32)28-16-6-3-14(4-7-16)20(31)12-17(26)25(33)34/h3-11,13,17H,12,26H2,1-2H3,(H,28,32)(H,33,34)/t17-/m1/s1. The number of nitrogens with one attached hydrogen (secondary N) is 1. The number of hydrogen-bond acceptors (Lipinski definition) is 8. The SMILES string of the molecule is COc1ccc(-c2ccnc3cc(C(=O)Nc4ccc(C(=O)C[C@@H](N)C(=O)O)cc4)nn23)cc1OC. The van der Waals surface area contributed by atoms with E-state index in [1.54, 1.807) is 61.3 Å². The molecule has 11 nitrogen and oxygen atoms in total. The first kappa shape index (κ1) is 24.4. The summed E-state index contributed by atoms with van der Waals surface area (Å²) in [6, 6.07) is 13.6. The number of carbonyl (C=O) groups is 3. The minimum absolute atomic E-state index is 0.142. The minimum Gasteiger partial charge on any atom is -0.493 e. The summed E-state index contributed by atoms with van der Waals surface area (Å²) in [6.45, 7) is 0. The Kier molecular flexibility index (Phi) is 6.93. The summed E-state index contributed by atoms with van der Waals surface area (Å²) in [7, 11) is 3.11. The number of hydrogen-bond donors (Lipinski definition) is 3. The van der Waals surface area contributed by atoms with Crippen molar-refractivity contribution >= 4 is 29.0 Å². The Morgan fingerprint density at radius 3 is 2.42 bits per heavy atom. The molecule has 0 bridgehead atoms. The Labute approximate surface area is 205 Å². The zero-order chi connectivity index (χ0) is 25.8. The molecular formula is C25H23N5O6. The smallest absolute Gasteiger partial charge is 0.320 e. The van der Waals surface area contributed by atoms with Gasteiger partial charge in [0.25, 0.3) is 5.91 Å². The number of carboxylic acids is 1. The van der Waals surface area contributed by atoms with Gasteiger partial charge in [0, 0.05) is 35.5 Å². The summed E-state index contributed by atoms with van der Waals surface area (Å²) in [6.07, 6.45) is 1.30. The number of rotatable bonds is 9. The largest absolute Gasteiger partial charge is 0.493 e. The van der Waals surface area contributed by atoms with Gasteiger partial charge in [-0.25, -0.2) is 9.50 Å². The Morgan fingerprint density at radius 2 is 1.75 bits per heavy atom. The van der Waals surface area contributed by atoms with Crippen molar-refractivity contribution in [2.24, 2.45) is 5.73 Å². The molecule has 184 valence electrons. The third-order valence-corrected chi connectivity index (χ3v) is 5.46. The van der Waals surface area contributed by atoms with Gasteiger partial charge in [0.05, 0.1) is 19.9 Å². The number of carboxylic acid groups (broad SMARTS) is 1. The molecular weight excluding hydrogens is 466 g/mol. The molecule has 0 aliphatic carbocycles. The average Bonchev–Trinajstić information content (AvgIpc) is 3.33. The molecule has 0 spiro atoms. The Hall–Kier alpha value is -4.77. The monoisotopic (exact) mass is 489 g/mol. The van der Waals surface area contributed by atoms with Crippen LogP contribution in [0.25, 0.3) is 16.9 Å². The first-order valence-corrected chi connectivity index (χ1v) is 10.8. The number of benzene rings is 2. The molecule has 0 radical (unpaired) electrons. The maximum absolute atomic E-state index is 12.9. The Morgan fingerprint density at radius 1 is 1.03 bits per heavy atom. The van der Waals surface area contributed by atoms with Crippen LogP contribution in [0.3, 0.4) is 0 Å². The van der Waals surface area contributed by atoms with Gasteiger partial charge in [-0.3, -0.25) is 14.4 Å². The van der Waals surface area contributed by atoms with E-state index in [0.29, 0.717) is 34.1 Å². The molecule has 4 aromatic rings. The van der Waals surface area contributed by atoms with E-state index < -0.39 is 23.7 Å². The number of ketones is 1. The molecule has 0 saturated carbocycles. The third-order valence-electron chi connectivity index (χ3n) is 5.46. The second kappa shape index (κ2) is 10.2. The lowest BCUT2D eigenvalue weighted by atomic mass is 10.0. The normalized spacial score (nSPS) is 11.6. The summed E-state index contributed by atoms with van der Waals surface area (Å²) in [4.78, 5) is 40.2. The number of anilines is 1. The molecule has 11 heteroatoms. The topological polar surface area (TPSA) is 158 Å². The zero-order valence-electron chi connectivity index (χ0n) is 19.5. The molecule has 4 rings (SSSR count). The first-order valence-electron chi connectivity index (χ1n) is 10.8. The molecule has 0 saturated heterocycles. The number of aliphatic carboxylic acids is 1. The maximum atomic E-state index is 12.9. The van der Waals surface area contributed by atoms with Crippen molar-refractivity contribution in [3.8, 4) is 22.8 Å². The number of amides is 1. The van der Waals surface area contributed by atoms with Gasteiger partial charge in [-0.2, -0.15) is 5.10 Å². The Bertz CT molecular complexity index is 1450. The lowest BCUT2D eigenvalue weighted by Gasteiger charge is -2.10. The van der Waals surface area contributed by atoms with E-state index in [9.17, 15) is 14.4 Å². The maximum Gasteiger partial charge on any atom is 0.320 e. The van der Waals surface area contributed by atoms with Gasteiger partial charge < -0.3 is 25.6 Å². The highest BCUT2D eigenvalue weighted by Gasteiger charge is 2.18. The summed E-state index contributed by atoms with van der Waals surface area (Å²) in [5.41, 5.74) is 8.25. The van der Waals surface area contributed by atoms with E-state index in [0.717, 1.165) is 5.56 Å². The fourth-order valence-electron chi connectivity index (χ4n) is 3.56. The van der Waals surface area contributed by atoms with Crippen LogP contribution in [0.1, 0.15) is 27.3 Å². The van der Waals surface area contributed by atoms with E-state index in [-0.39, 0.29) is 12.1 Å². The summed E-state index contributed by atoms with van der Waals surface area (Å²) in [5.74, 6) is -0.979. The van der Waals surface area contributed by atoms with E-state index in [1.165, 1.54) is 12.1 Å². The lowest BCUT2D eigenvalue weighted by molar-refractivity contribution is -0.138. The van der Waals surface area contributed by atoms with Crippen LogP contribution in [0.4, 0.5) is 5.69 Å². The van der Waals surface area contributed by atoms with Crippen LogP contribution in [0.15, 0.2) is 60.8 Å². The highest BCUT2D eigenvalue weighted by molar-refractivity contribution is 6.04. The van der Waals surface area contributed by atoms with Crippen LogP contribution in [0.2, 0.25) is 0 Å². The molecule has 4 N–H and O–H groups in total. The van der Waals surface area contributed by atoms with E-state index in [1.807, 2.05) is 6.07 Å². The molecule has 2 heterocycles. The molecule has 2 aromatic heterocycles. The van der Waals surface area contributed by atoms with E-state index in [4.69, 9.17) is 20.3 Å². The summed E-state index contributed by atoms with van der Waals surface area (Å²) in [5, 5.41) is 16.0. The van der Waals surface area contributed by atoms with Crippen LogP contribution >= 0.6 is 0 Å². The van der Waals surface area contributed by atoms with Crippen molar-refractivity contribution in [3.05, 3.63) is 72.1 Å². The molecule has 1 atom stereocenters. The highest BCUT2D eigenvalue weighted by Crippen LogP contribution is 2.32. The first-order chi connectivity index (χ1) is 17.3. The molecule has 0 aliphatic rings. The number of fused-ring (bicyclic) bond motifs is 1. The van der Waals surface area contributed by atoms with E-state index >= 15 is 0 Å². The van der Waals surface area contributed by atoms with Gasteiger partial charge in [-0.1, -0.05) is 0 Å². The average molecular weight is 489 g/mol. The Balaban J connectivity index is 1.54. The molecule has 1 amide bonds. The molecule has 2 aromatic carbocycles. The lowest BCUT2D eigenvalue weighted by Crippen LogP contribution is -2.32. The van der Waals surface area contributed by atoms with Gasteiger partial charge in [-0.05, 0) is 48.5 Å². The van der Waals surface area contributed by atoms with Gasteiger partial charge in [0.2, 0.25) is 0 Å². The van der Waals surface area contributed by atoms with Crippen molar-refractivity contribution in [1.29, 1.82) is 0 Å². The van der Waals surface area contributed by atoms with Crippen LogP contribution in [0, 0.1) is 0 Å². The van der Waals surface area contributed by atoms with E-state index in [2.05, 4.69) is 15.4 Å². The zero-order valence-corrected chi connectivity index (χ0v) is 19.5. The fraction of sp³-hybridized carbons (Fsp3) is 0.160. The van der Waals surface area contributed by atoms with Crippen molar-refractivity contribution in [2.45, 2.75) is 12.5 Å². The highest BCUT2D eigenvalue weighted by atomic mass is 16.5. The van der Waals surface area contributed by atoms with Gasteiger partial charge in [-0.15, -0.1) is 0 Å². The molecule has 0 unspecified atom stereocenters.